The molecule has 88 valence electrons. The lowest BCUT2D eigenvalue weighted by atomic mass is 10.2. The van der Waals surface area contributed by atoms with E-state index >= 15 is 0 Å². The minimum atomic E-state index is -1.09. The smallest absolute Gasteiger partial charge is 0.347 e. The highest BCUT2D eigenvalue weighted by Gasteiger charge is 2.15. The monoisotopic (exact) mass is 255 g/mol. The fourth-order valence-corrected chi connectivity index (χ4v) is 2.29. The average molecular weight is 255 g/mol. The van der Waals surface area contributed by atoms with Crippen molar-refractivity contribution in [2.45, 2.75) is 6.92 Å². The van der Waals surface area contributed by atoms with Crippen molar-refractivity contribution < 1.29 is 18.7 Å². The summed E-state index contributed by atoms with van der Waals surface area (Å²) in [6, 6.07) is 2.99. The van der Waals surface area contributed by atoms with Crippen molar-refractivity contribution in [3.8, 4) is 10.6 Å². The minimum Gasteiger partial charge on any atom is -0.477 e. The van der Waals surface area contributed by atoms with E-state index in [1.54, 1.807) is 6.92 Å². The van der Waals surface area contributed by atoms with Crippen LogP contribution in [0.5, 0.6) is 0 Å². The molecule has 0 fully saturated rings. The molecule has 17 heavy (non-hydrogen) atoms. The predicted octanol–water partition coefficient (Wildman–Crippen LogP) is 3.09. The Hall–Kier alpha value is -1.82. The van der Waals surface area contributed by atoms with E-state index in [2.05, 4.69) is 4.98 Å². The van der Waals surface area contributed by atoms with Crippen LogP contribution >= 0.6 is 11.3 Å². The molecule has 3 nitrogen and oxygen atoms in total. The number of nitrogens with zero attached hydrogens (tertiary/aromatic N) is 1. The number of benzene rings is 1. The highest BCUT2D eigenvalue weighted by Crippen LogP contribution is 2.28. The second-order valence-corrected chi connectivity index (χ2v) is 4.40. The second-order valence-electron chi connectivity index (χ2n) is 3.40. The van der Waals surface area contributed by atoms with E-state index in [0.29, 0.717) is 10.7 Å². The Kier molecular flexibility index (Phi) is 2.89. The number of aryl methyl sites for hydroxylation is 1. The summed E-state index contributed by atoms with van der Waals surface area (Å²) in [5.74, 6) is -2.53. The van der Waals surface area contributed by atoms with Gasteiger partial charge < -0.3 is 5.11 Å². The third-order valence-electron chi connectivity index (χ3n) is 2.10. The van der Waals surface area contributed by atoms with Crippen molar-refractivity contribution in [3.05, 3.63) is 40.4 Å². The van der Waals surface area contributed by atoms with Crippen LogP contribution in [0.15, 0.2) is 18.2 Å². The largest absolute Gasteiger partial charge is 0.477 e. The van der Waals surface area contributed by atoms with Gasteiger partial charge in [0, 0.05) is 11.6 Å². The van der Waals surface area contributed by atoms with Gasteiger partial charge >= 0.3 is 5.97 Å². The number of carboxylic acids is 1. The number of carbonyl (C=O) groups is 1. The second kappa shape index (κ2) is 4.21. The lowest BCUT2D eigenvalue weighted by Crippen LogP contribution is -1.94. The molecule has 1 heterocycles. The van der Waals surface area contributed by atoms with Gasteiger partial charge in [0.25, 0.3) is 0 Å². The molecule has 0 bridgehead atoms. The van der Waals surface area contributed by atoms with Gasteiger partial charge in [0.2, 0.25) is 0 Å². The van der Waals surface area contributed by atoms with Crippen LogP contribution in [0.2, 0.25) is 0 Å². The molecule has 0 amide bonds. The molecule has 0 aliphatic carbocycles. The van der Waals surface area contributed by atoms with Crippen LogP contribution in [0.3, 0.4) is 0 Å². The van der Waals surface area contributed by atoms with Gasteiger partial charge in [-0.25, -0.2) is 18.6 Å². The van der Waals surface area contributed by atoms with Gasteiger partial charge in [-0.05, 0) is 19.1 Å². The summed E-state index contributed by atoms with van der Waals surface area (Å²) in [7, 11) is 0. The number of rotatable bonds is 2. The SMILES string of the molecule is Cc1nc(-c2cc(F)cc(F)c2)sc1C(=O)O. The summed E-state index contributed by atoms with van der Waals surface area (Å²) in [5, 5.41) is 9.15. The van der Waals surface area contributed by atoms with E-state index < -0.39 is 17.6 Å². The third kappa shape index (κ3) is 2.31. The van der Waals surface area contributed by atoms with Gasteiger partial charge in [0.05, 0.1) is 5.69 Å². The number of hydrogen-bond acceptors (Lipinski definition) is 3. The third-order valence-corrected chi connectivity index (χ3v) is 3.29. The molecule has 2 rings (SSSR count). The molecular formula is C11H7F2NO2S. The molecule has 1 aromatic carbocycles. The summed E-state index contributed by atoms with van der Waals surface area (Å²) < 4.78 is 26.0. The van der Waals surface area contributed by atoms with Crippen LogP contribution < -0.4 is 0 Å². The van der Waals surface area contributed by atoms with Gasteiger partial charge in [-0.3, -0.25) is 0 Å². The molecule has 0 saturated carbocycles. The van der Waals surface area contributed by atoms with Gasteiger partial charge in [0.1, 0.15) is 21.5 Å². The highest BCUT2D eigenvalue weighted by atomic mass is 32.1. The molecule has 0 aliphatic rings. The van der Waals surface area contributed by atoms with Gasteiger partial charge in [-0.1, -0.05) is 0 Å². The Balaban J connectivity index is 2.53. The van der Waals surface area contributed by atoms with Crippen molar-refractivity contribution in [3.63, 3.8) is 0 Å². The number of carboxylic acid groups (broad SMARTS) is 1. The van der Waals surface area contributed by atoms with Crippen LogP contribution in [-0.2, 0) is 0 Å². The standard InChI is InChI=1S/C11H7F2NO2S/c1-5-9(11(15)16)17-10(14-5)6-2-7(12)4-8(13)3-6/h2-4H,1H3,(H,15,16). The van der Waals surface area contributed by atoms with Crippen molar-refractivity contribution in [1.82, 2.24) is 4.98 Å². The van der Waals surface area contributed by atoms with E-state index in [9.17, 15) is 13.6 Å². The Morgan fingerprint density at radius 3 is 2.35 bits per heavy atom. The van der Waals surface area contributed by atoms with E-state index in [1.807, 2.05) is 0 Å². The molecule has 0 unspecified atom stereocenters. The van der Waals surface area contributed by atoms with Gasteiger partial charge in [-0.15, -0.1) is 11.3 Å². The lowest BCUT2D eigenvalue weighted by Gasteiger charge is -1.96. The van der Waals surface area contributed by atoms with Crippen LogP contribution in [0.1, 0.15) is 15.4 Å². The van der Waals surface area contributed by atoms with Gasteiger partial charge in [-0.2, -0.15) is 0 Å². The van der Waals surface area contributed by atoms with E-state index in [-0.39, 0.29) is 10.4 Å². The molecule has 0 spiro atoms. The first kappa shape index (κ1) is 11.7. The number of aromatic carboxylic acids is 1. The Labute approximate surface area is 99.4 Å². The van der Waals surface area contributed by atoms with Crippen molar-refractivity contribution >= 4 is 17.3 Å². The topological polar surface area (TPSA) is 50.2 Å². The summed E-state index contributed by atoms with van der Waals surface area (Å²) in [6.07, 6.45) is 0. The molecule has 0 aliphatic heterocycles. The van der Waals surface area contributed by atoms with Crippen molar-refractivity contribution in [2.24, 2.45) is 0 Å². The normalized spacial score (nSPS) is 10.5. The first-order valence-corrected chi connectivity index (χ1v) is 5.46. The summed E-state index contributed by atoms with van der Waals surface area (Å²) >= 11 is 0.894. The molecule has 0 saturated heterocycles. The Bertz CT molecular complexity index is 575. The minimum absolute atomic E-state index is 0.0738. The summed E-state index contributed by atoms with van der Waals surface area (Å²) in [6.45, 7) is 1.54. The zero-order valence-electron chi connectivity index (χ0n) is 8.70. The Morgan fingerprint density at radius 2 is 1.88 bits per heavy atom. The molecule has 0 radical (unpaired) electrons. The van der Waals surface area contributed by atoms with Crippen LogP contribution in [0.4, 0.5) is 8.78 Å². The fourth-order valence-electron chi connectivity index (χ4n) is 1.40. The maximum atomic E-state index is 13.0. The maximum Gasteiger partial charge on any atom is 0.347 e. The molecule has 1 aromatic heterocycles. The van der Waals surface area contributed by atoms with Crippen LogP contribution in [0, 0.1) is 18.6 Å². The summed E-state index contributed by atoms with van der Waals surface area (Å²) in [5.41, 5.74) is 0.574. The lowest BCUT2D eigenvalue weighted by molar-refractivity contribution is 0.0701. The van der Waals surface area contributed by atoms with E-state index in [4.69, 9.17) is 5.11 Å². The molecule has 6 heteroatoms. The van der Waals surface area contributed by atoms with E-state index in [0.717, 1.165) is 29.5 Å². The highest BCUT2D eigenvalue weighted by molar-refractivity contribution is 7.17. The fraction of sp³-hybridized carbons (Fsp3) is 0.0909. The first-order chi connectivity index (χ1) is 7.97. The first-order valence-electron chi connectivity index (χ1n) is 4.64. The molecule has 1 N–H and O–H groups in total. The summed E-state index contributed by atoms with van der Waals surface area (Å²) in [4.78, 5) is 14.9. The number of thiazole rings is 1. The molecule has 0 atom stereocenters. The zero-order valence-corrected chi connectivity index (χ0v) is 9.52. The number of halogens is 2. The van der Waals surface area contributed by atoms with Crippen LogP contribution in [0.25, 0.3) is 10.6 Å². The van der Waals surface area contributed by atoms with E-state index in [1.165, 1.54) is 0 Å². The number of hydrogen-bond donors (Lipinski definition) is 1. The number of aromatic nitrogens is 1. The quantitative estimate of drug-likeness (QED) is 0.897. The average Bonchev–Trinajstić information content (AvgIpc) is 2.59. The Morgan fingerprint density at radius 1 is 1.29 bits per heavy atom. The zero-order chi connectivity index (χ0) is 12.6. The maximum absolute atomic E-state index is 13.0. The molecule has 2 aromatic rings. The van der Waals surface area contributed by atoms with Crippen molar-refractivity contribution in [1.29, 1.82) is 0 Å². The predicted molar refractivity (Wildman–Crippen MR) is 59.2 cm³/mol. The van der Waals surface area contributed by atoms with Gasteiger partial charge in [0.15, 0.2) is 0 Å². The molecular weight excluding hydrogens is 248 g/mol. The van der Waals surface area contributed by atoms with Crippen molar-refractivity contribution in [2.75, 3.05) is 0 Å². The van der Waals surface area contributed by atoms with Crippen LogP contribution in [-0.4, -0.2) is 16.1 Å².